The van der Waals surface area contributed by atoms with Gasteiger partial charge in [0, 0.05) is 19.1 Å². The van der Waals surface area contributed by atoms with Crippen LogP contribution in [0.2, 0.25) is 0 Å². The Balaban J connectivity index is 0.00000220. The molecule has 1 saturated heterocycles. The van der Waals surface area contributed by atoms with E-state index in [0.717, 1.165) is 25.9 Å². The predicted molar refractivity (Wildman–Crippen MR) is 82.1 cm³/mol. The van der Waals surface area contributed by atoms with Crippen LogP contribution in [0, 0.1) is 11.7 Å². The average molecular weight is 317 g/mol. The van der Waals surface area contributed by atoms with Crippen LogP contribution in [0.1, 0.15) is 19.8 Å². The fraction of sp³-hybridized carbons (Fsp3) is 0.533. The Labute approximate surface area is 130 Å². The van der Waals surface area contributed by atoms with Gasteiger partial charge in [0.25, 0.3) is 5.91 Å². The highest BCUT2D eigenvalue weighted by Gasteiger charge is 2.24. The second-order valence-corrected chi connectivity index (χ2v) is 5.32. The number of rotatable bonds is 4. The van der Waals surface area contributed by atoms with Crippen LogP contribution in [0.5, 0.6) is 5.75 Å². The van der Waals surface area contributed by atoms with Crippen LogP contribution in [0.15, 0.2) is 24.3 Å². The molecular weight excluding hydrogens is 295 g/mol. The highest BCUT2D eigenvalue weighted by Crippen LogP contribution is 2.19. The van der Waals surface area contributed by atoms with Crippen LogP contribution in [0.3, 0.4) is 0 Å². The number of carbonyl (C=O) groups excluding carboxylic acids is 1. The zero-order chi connectivity index (χ0) is 14.5. The Kier molecular flexibility index (Phi) is 6.92. The third kappa shape index (κ3) is 5.17. The van der Waals surface area contributed by atoms with Crippen molar-refractivity contribution in [1.29, 1.82) is 0 Å². The number of benzene rings is 1. The van der Waals surface area contributed by atoms with Gasteiger partial charge in [-0.2, -0.15) is 0 Å². The van der Waals surface area contributed by atoms with Gasteiger partial charge in [0.1, 0.15) is 11.6 Å². The topological polar surface area (TPSA) is 55.6 Å². The highest BCUT2D eigenvalue weighted by molar-refractivity contribution is 5.85. The molecule has 1 aromatic rings. The zero-order valence-corrected chi connectivity index (χ0v) is 12.9. The molecule has 0 saturated carbocycles. The van der Waals surface area contributed by atoms with E-state index >= 15 is 0 Å². The Morgan fingerprint density at radius 3 is 2.48 bits per heavy atom. The molecule has 0 bridgehead atoms. The maximum absolute atomic E-state index is 12.7. The maximum Gasteiger partial charge on any atom is 0.260 e. The van der Waals surface area contributed by atoms with Gasteiger partial charge in [0.2, 0.25) is 0 Å². The van der Waals surface area contributed by atoms with Gasteiger partial charge in [0.15, 0.2) is 6.61 Å². The fourth-order valence-corrected chi connectivity index (χ4v) is 2.44. The Morgan fingerprint density at radius 2 is 1.95 bits per heavy atom. The molecule has 6 heteroatoms. The van der Waals surface area contributed by atoms with Crippen molar-refractivity contribution in [3.05, 3.63) is 30.1 Å². The van der Waals surface area contributed by atoms with E-state index in [2.05, 4.69) is 0 Å². The van der Waals surface area contributed by atoms with Crippen molar-refractivity contribution in [3.8, 4) is 5.75 Å². The predicted octanol–water partition coefficient (Wildman–Crippen LogP) is 2.21. The van der Waals surface area contributed by atoms with E-state index in [1.807, 2.05) is 11.8 Å². The van der Waals surface area contributed by atoms with Crippen LogP contribution < -0.4 is 10.5 Å². The summed E-state index contributed by atoms with van der Waals surface area (Å²) in [6.45, 7) is 3.48. The second kappa shape index (κ2) is 8.20. The number of amides is 1. The monoisotopic (exact) mass is 316 g/mol. The van der Waals surface area contributed by atoms with Gasteiger partial charge < -0.3 is 15.4 Å². The second-order valence-electron chi connectivity index (χ2n) is 5.32. The molecular formula is C15H22ClFN2O2. The normalized spacial score (nSPS) is 17.0. The lowest BCUT2D eigenvalue weighted by Gasteiger charge is -2.33. The minimum Gasteiger partial charge on any atom is -0.484 e. The van der Waals surface area contributed by atoms with Gasteiger partial charge in [-0.3, -0.25) is 4.79 Å². The number of likely N-dealkylation sites (tertiary alicyclic amines) is 1. The molecule has 1 heterocycles. The third-order valence-electron chi connectivity index (χ3n) is 3.81. The van der Waals surface area contributed by atoms with Crippen molar-refractivity contribution in [3.63, 3.8) is 0 Å². The number of nitrogens with zero attached hydrogens (tertiary/aromatic N) is 1. The summed E-state index contributed by atoms with van der Waals surface area (Å²) in [5, 5.41) is 0. The molecule has 4 nitrogen and oxygen atoms in total. The first kappa shape index (κ1) is 17.7. The summed E-state index contributed by atoms with van der Waals surface area (Å²) in [6.07, 6.45) is 1.89. The van der Waals surface area contributed by atoms with Crippen LogP contribution in [-0.4, -0.2) is 36.5 Å². The Hall–Kier alpha value is -1.33. The molecule has 0 radical (unpaired) electrons. The van der Waals surface area contributed by atoms with Crippen molar-refractivity contribution < 1.29 is 13.9 Å². The molecule has 118 valence electrons. The van der Waals surface area contributed by atoms with E-state index in [1.165, 1.54) is 24.3 Å². The minimum absolute atomic E-state index is 0. The van der Waals surface area contributed by atoms with Crippen LogP contribution in [-0.2, 0) is 4.79 Å². The lowest BCUT2D eigenvalue weighted by atomic mass is 9.91. The molecule has 0 aliphatic carbocycles. The van der Waals surface area contributed by atoms with Crippen LogP contribution >= 0.6 is 12.4 Å². The van der Waals surface area contributed by atoms with Gasteiger partial charge in [0.05, 0.1) is 0 Å². The summed E-state index contributed by atoms with van der Waals surface area (Å²) in [4.78, 5) is 13.8. The van der Waals surface area contributed by atoms with Gasteiger partial charge in [-0.1, -0.05) is 0 Å². The number of carbonyl (C=O) groups is 1. The molecule has 1 fully saturated rings. The number of hydrogen-bond acceptors (Lipinski definition) is 3. The van der Waals surface area contributed by atoms with Gasteiger partial charge in [-0.25, -0.2) is 4.39 Å². The molecule has 0 aromatic heterocycles. The molecule has 1 aliphatic rings. The Morgan fingerprint density at radius 1 is 1.38 bits per heavy atom. The molecule has 21 heavy (non-hydrogen) atoms. The summed E-state index contributed by atoms with van der Waals surface area (Å²) in [5.74, 6) is 0.654. The molecule has 2 rings (SSSR count). The standard InChI is InChI=1S/C15H21FN2O2.ClH/c1-11(17)12-6-8-18(9-7-12)15(19)10-20-14-4-2-13(16)3-5-14;/h2-5,11-12H,6-10,17H2,1H3;1H. The molecule has 1 atom stereocenters. The molecule has 1 unspecified atom stereocenters. The fourth-order valence-electron chi connectivity index (χ4n) is 2.44. The van der Waals surface area contributed by atoms with E-state index in [9.17, 15) is 9.18 Å². The van der Waals surface area contributed by atoms with E-state index in [4.69, 9.17) is 10.5 Å². The zero-order valence-electron chi connectivity index (χ0n) is 12.1. The van der Waals surface area contributed by atoms with Crippen LogP contribution in [0.4, 0.5) is 4.39 Å². The summed E-state index contributed by atoms with van der Waals surface area (Å²) in [5.41, 5.74) is 5.88. The first-order valence-corrected chi connectivity index (χ1v) is 6.98. The number of nitrogens with two attached hydrogens (primary N) is 1. The molecule has 1 aliphatic heterocycles. The highest BCUT2D eigenvalue weighted by atomic mass is 35.5. The van der Waals surface area contributed by atoms with Crippen molar-refractivity contribution in [2.75, 3.05) is 19.7 Å². The lowest BCUT2D eigenvalue weighted by Crippen LogP contribution is -2.44. The average Bonchev–Trinajstić information content (AvgIpc) is 2.46. The summed E-state index contributed by atoms with van der Waals surface area (Å²) < 4.78 is 18.1. The first-order valence-electron chi connectivity index (χ1n) is 6.98. The third-order valence-corrected chi connectivity index (χ3v) is 3.81. The summed E-state index contributed by atoms with van der Waals surface area (Å²) in [7, 11) is 0. The largest absolute Gasteiger partial charge is 0.484 e. The molecule has 1 amide bonds. The first-order chi connectivity index (χ1) is 9.56. The number of ether oxygens (including phenoxy) is 1. The van der Waals surface area contributed by atoms with Crippen molar-refractivity contribution >= 4 is 18.3 Å². The van der Waals surface area contributed by atoms with Crippen LogP contribution in [0.25, 0.3) is 0 Å². The minimum atomic E-state index is -0.318. The van der Waals surface area contributed by atoms with Gasteiger partial charge in [-0.15, -0.1) is 12.4 Å². The lowest BCUT2D eigenvalue weighted by molar-refractivity contribution is -0.134. The van der Waals surface area contributed by atoms with E-state index in [-0.39, 0.29) is 36.8 Å². The molecule has 0 spiro atoms. The van der Waals surface area contributed by atoms with Gasteiger partial charge in [-0.05, 0) is 49.9 Å². The number of piperidine rings is 1. The maximum atomic E-state index is 12.7. The van der Waals surface area contributed by atoms with E-state index < -0.39 is 0 Å². The number of hydrogen-bond donors (Lipinski definition) is 1. The van der Waals surface area contributed by atoms with Crippen molar-refractivity contribution in [2.45, 2.75) is 25.8 Å². The van der Waals surface area contributed by atoms with Crippen molar-refractivity contribution in [2.24, 2.45) is 11.7 Å². The Bertz CT molecular complexity index is 445. The summed E-state index contributed by atoms with van der Waals surface area (Å²) >= 11 is 0. The smallest absolute Gasteiger partial charge is 0.260 e. The van der Waals surface area contributed by atoms with E-state index in [1.54, 1.807) is 0 Å². The van der Waals surface area contributed by atoms with E-state index in [0.29, 0.717) is 11.7 Å². The summed E-state index contributed by atoms with van der Waals surface area (Å²) in [6, 6.07) is 5.85. The molecule has 2 N–H and O–H groups in total. The quantitative estimate of drug-likeness (QED) is 0.926. The van der Waals surface area contributed by atoms with Crippen molar-refractivity contribution in [1.82, 2.24) is 4.90 Å². The SMILES string of the molecule is CC(N)C1CCN(C(=O)COc2ccc(F)cc2)CC1.Cl. The molecule has 1 aromatic carbocycles. The van der Waals surface area contributed by atoms with Gasteiger partial charge >= 0.3 is 0 Å². The number of halogens is 2.